The molecule has 0 N–H and O–H groups in total. The molecule has 0 saturated carbocycles. The lowest BCUT2D eigenvalue weighted by molar-refractivity contribution is -0.119. The Morgan fingerprint density at radius 1 is 0.825 bits per heavy atom. The molecule has 0 saturated heterocycles. The zero-order chi connectivity index (χ0) is 30.6. The molecule has 230 valence electrons. The Hall–Kier alpha value is -0.892. The van der Waals surface area contributed by atoms with Crippen LogP contribution < -0.4 is 10.1 Å². The molecule has 1 aromatic rings. The van der Waals surface area contributed by atoms with Crippen LogP contribution >= 0.6 is 0 Å². The molecule has 0 aliphatic rings. The number of rotatable bonds is 20. The lowest BCUT2D eigenvalue weighted by Crippen LogP contribution is -2.52. The van der Waals surface area contributed by atoms with E-state index in [9.17, 15) is 9.18 Å². The van der Waals surface area contributed by atoms with Crippen molar-refractivity contribution < 1.29 is 22.5 Å². The summed E-state index contributed by atoms with van der Waals surface area (Å²) in [7, 11) is -0.617. The zero-order valence-corrected chi connectivity index (χ0v) is 31.3. The number of unbranched alkanes of at least 4 members (excludes halogenated alkanes) is 5. The first-order chi connectivity index (χ1) is 18.6. The van der Waals surface area contributed by atoms with Crippen molar-refractivity contribution in [3.8, 4) is 0 Å². The van der Waals surface area contributed by atoms with E-state index in [0.29, 0.717) is 0 Å². The molecule has 0 fully saturated rings. The Kier molecular flexibility index (Phi) is 15.5. The van der Waals surface area contributed by atoms with E-state index in [0.717, 1.165) is 18.2 Å². The quantitative estimate of drug-likeness (QED) is 0.109. The van der Waals surface area contributed by atoms with Gasteiger partial charge in [0.2, 0.25) is 0 Å². The van der Waals surface area contributed by atoms with Gasteiger partial charge in [0, 0.05) is 48.2 Å². The number of carbonyl (C=O) groups is 1. The van der Waals surface area contributed by atoms with Crippen LogP contribution in [0.3, 0.4) is 0 Å². The number of halogens is 1. The summed E-state index contributed by atoms with van der Waals surface area (Å²) < 4.78 is 29.5. The molecule has 0 aliphatic carbocycles. The Bertz CT molecular complexity index is 930. The van der Waals surface area contributed by atoms with E-state index >= 15 is 0 Å². The molecule has 10 heteroatoms. The van der Waals surface area contributed by atoms with E-state index in [-0.39, 0.29) is 0 Å². The molecule has 0 aliphatic heterocycles. The summed E-state index contributed by atoms with van der Waals surface area (Å²) in [5.74, 6) is -0.513. The number of nitrogens with zero attached hydrogens (tertiary/aromatic N) is 1. The lowest BCUT2D eigenvalue weighted by Gasteiger charge is -2.38. The van der Waals surface area contributed by atoms with Gasteiger partial charge in [-0.2, -0.15) is 0 Å². The van der Waals surface area contributed by atoms with Crippen molar-refractivity contribution in [2.45, 2.75) is 102 Å². The van der Waals surface area contributed by atoms with E-state index in [1.807, 2.05) is 12.1 Å². The number of hydrogen-bond acceptors (Lipinski definition) is 4. The largest absolute Gasteiger partial charge is 0.500 e. The minimum Gasteiger partial charge on any atom is -0.377 e. The Morgan fingerprint density at radius 2 is 1.35 bits per heavy atom. The minimum atomic E-state index is -2.42. The van der Waals surface area contributed by atoms with Crippen LogP contribution in [-0.4, -0.2) is 74.0 Å². The van der Waals surface area contributed by atoms with Crippen LogP contribution in [0, 0.1) is 0 Å². The molecule has 5 nitrogen and oxygen atoms in total. The van der Waals surface area contributed by atoms with Crippen molar-refractivity contribution in [3.63, 3.8) is 0 Å². The maximum atomic E-state index is 13.0. The summed E-state index contributed by atoms with van der Waals surface area (Å²) in [5.41, 5.74) is 0.761. The van der Waals surface area contributed by atoms with E-state index < -0.39 is 45.6 Å². The molecular weight excluding hydrogens is 570 g/mol. The van der Waals surface area contributed by atoms with Crippen molar-refractivity contribution in [3.05, 3.63) is 35.7 Å². The zero-order valence-electron chi connectivity index (χ0n) is 27.3. The summed E-state index contributed by atoms with van der Waals surface area (Å²) in [4.78, 5) is 14.8. The van der Waals surface area contributed by atoms with Gasteiger partial charge < -0.3 is 18.2 Å². The molecule has 1 amide bonds. The number of anilines is 1. The van der Waals surface area contributed by atoms with Gasteiger partial charge in [0.1, 0.15) is 8.07 Å². The van der Waals surface area contributed by atoms with E-state index in [1.165, 1.54) is 65.1 Å². The summed E-state index contributed by atoms with van der Waals surface area (Å²) in [5, 5.41) is 1.27. The Balaban J connectivity index is 2.58. The van der Waals surface area contributed by atoms with E-state index in [1.54, 1.807) is 28.4 Å². The van der Waals surface area contributed by atoms with Gasteiger partial charge in [0.05, 0.1) is 8.07 Å². The van der Waals surface area contributed by atoms with Crippen LogP contribution in [0.25, 0.3) is 0 Å². The number of amides is 1. The fourth-order valence-corrected chi connectivity index (χ4v) is 23.2. The van der Waals surface area contributed by atoms with Crippen molar-refractivity contribution in [2.24, 2.45) is 0 Å². The molecule has 0 aromatic heterocycles. The monoisotopic (exact) mass is 627 g/mol. The Morgan fingerprint density at radius 3 is 1.88 bits per heavy atom. The highest BCUT2D eigenvalue weighted by molar-refractivity contribution is 7.11. The number of benzene rings is 1. The van der Waals surface area contributed by atoms with Crippen LogP contribution in [0.5, 0.6) is 0 Å². The minimum absolute atomic E-state index is 0.513. The van der Waals surface area contributed by atoms with E-state index in [2.05, 4.69) is 51.4 Å². The summed E-state index contributed by atoms with van der Waals surface area (Å²) >= 11 is 0. The first-order valence-electron chi connectivity index (χ1n) is 14.9. The van der Waals surface area contributed by atoms with Crippen molar-refractivity contribution >= 4 is 49.8 Å². The summed E-state index contributed by atoms with van der Waals surface area (Å²) in [6.07, 6.45) is 7.53. The molecule has 1 rings (SSSR count). The highest BCUT2D eigenvalue weighted by Gasteiger charge is 2.39. The van der Waals surface area contributed by atoms with Crippen LogP contribution in [0.15, 0.2) is 35.7 Å². The standard InChI is InChI=1S/C30H58FNO4Si4/c1-27(39(10,11)29-20-18-19-28(25-29)32(2)30(33)26-31)38(8,9)24-23-37(6,7)21-16-14-12-13-15-17-22-40(34-3,35-4)36-5/h18-20,25H,1,12-17,21-24,26H2,2-11H3. The van der Waals surface area contributed by atoms with Gasteiger partial charge in [-0.1, -0.05) is 112 Å². The number of hydrogen-bond donors (Lipinski definition) is 0. The Labute approximate surface area is 249 Å². The third-order valence-corrected chi connectivity index (χ3v) is 25.9. The number of alkyl halides is 1. The van der Waals surface area contributed by atoms with Crippen molar-refractivity contribution in [2.75, 3.05) is 40.0 Å². The first kappa shape index (κ1) is 37.1. The maximum absolute atomic E-state index is 13.0. The summed E-state index contributed by atoms with van der Waals surface area (Å²) in [6.45, 7) is 18.6. The van der Waals surface area contributed by atoms with Crippen LogP contribution in [-0.2, 0) is 18.1 Å². The van der Waals surface area contributed by atoms with Crippen LogP contribution in [0.2, 0.25) is 63.5 Å². The molecule has 40 heavy (non-hydrogen) atoms. The van der Waals surface area contributed by atoms with Crippen LogP contribution in [0.1, 0.15) is 38.5 Å². The summed E-state index contributed by atoms with van der Waals surface area (Å²) in [6, 6.07) is 13.1. The third-order valence-electron chi connectivity index (χ3n) is 8.96. The molecule has 0 unspecified atom stereocenters. The third kappa shape index (κ3) is 11.1. The fourth-order valence-electron chi connectivity index (χ4n) is 5.49. The predicted molar refractivity (Wildman–Crippen MR) is 181 cm³/mol. The highest BCUT2D eigenvalue weighted by atomic mass is 28.4. The molecule has 0 atom stereocenters. The first-order valence-corrected chi connectivity index (χ1v) is 26.4. The average molecular weight is 628 g/mol. The molecule has 0 heterocycles. The van der Waals surface area contributed by atoms with Gasteiger partial charge in [-0.25, -0.2) is 4.39 Å². The smallest absolute Gasteiger partial charge is 0.377 e. The molecule has 0 spiro atoms. The average Bonchev–Trinajstić information content (AvgIpc) is 2.94. The number of carbonyl (C=O) groups excluding carboxylic acids is 1. The molecular formula is C30H58FNO4Si4. The molecule has 1 aromatic carbocycles. The highest BCUT2D eigenvalue weighted by Crippen LogP contribution is 2.33. The second-order valence-corrected chi connectivity index (χ2v) is 31.4. The maximum Gasteiger partial charge on any atom is 0.500 e. The molecule has 0 bridgehead atoms. The van der Waals surface area contributed by atoms with Crippen molar-refractivity contribution in [1.82, 2.24) is 0 Å². The van der Waals surface area contributed by atoms with Gasteiger partial charge >= 0.3 is 8.80 Å². The second-order valence-electron chi connectivity index (χ2n) is 13.2. The topological polar surface area (TPSA) is 48.0 Å². The normalized spacial score (nSPS) is 13.0. The predicted octanol–water partition coefficient (Wildman–Crippen LogP) is 7.80. The van der Waals surface area contributed by atoms with Gasteiger partial charge in [0.15, 0.2) is 6.67 Å². The molecule has 0 radical (unpaired) electrons. The van der Waals surface area contributed by atoms with Crippen molar-refractivity contribution in [1.29, 1.82) is 0 Å². The lowest BCUT2D eigenvalue weighted by atomic mass is 10.1. The van der Waals surface area contributed by atoms with Gasteiger partial charge in [-0.15, -0.1) is 6.58 Å². The second kappa shape index (κ2) is 16.7. The van der Waals surface area contributed by atoms with Gasteiger partial charge in [0.25, 0.3) is 5.91 Å². The van der Waals surface area contributed by atoms with Gasteiger partial charge in [-0.3, -0.25) is 4.79 Å². The van der Waals surface area contributed by atoms with Crippen LogP contribution in [0.4, 0.5) is 10.1 Å². The van der Waals surface area contributed by atoms with E-state index in [4.69, 9.17) is 19.9 Å². The van der Waals surface area contributed by atoms with Gasteiger partial charge in [-0.05, 0) is 18.6 Å². The fraction of sp³-hybridized carbons (Fsp3) is 0.700. The SMILES string of the molecule is C=C([Si](C)(C)CC[Si](C)(C)CCCCCCCC[Si](OC)(OC)OC)[Si](C)(C)c1cccc(N(C)C(=O)CF)c1.